The molecule has 6 nitrogen and oxygen atoms in total. The van der Waals surface area contributed by atoms with E-state index in [1.54, 1.807) is 0 Å². The first-order chi connectivity index (χ1) is 36.0. The smallest absolute Gasteiger partial charge is 0.306 e. The van der Waals surface area contributed by atoms with Gasteiger partial charge in [-0.3, -0.25) is 14.4 Å². The van der Waals surface area contributed by atoms with Crippen LogP contribution in [-0.2, 0) is 28.6 Å². The summed E-state index contributed by atoms with van der Waals surface area (Å²) in [5.74, 6) is -0.924. The zero-order valence-electron chi connectivity index (χ0n) is 47.9. The number of esters is 3. The Labute approximate surface area is 451 Å². The second-order valence-electron chi connectivity index (χ2n) is 20.2. The van der Waals surface area contributed by atoms with Crippen LogP contribution in [0.5, 0.6) is 0 Å². The van der Waals surface area contributed by atoms with E-state index in [1.807, 2.05) is 0 Å². The summed E-state index contributed by atoms with van der Waals surface area (Å²) in [7, 11) is 0. The Morgan fingerprint density at radius 3 is 0.890 bits per heavy atom. The van der Waals surface area contributed by atoms with Crippen molar-refractivity contribution >= 4 is 17.9 Å². The second kappa shape index (κ2) is 60.9. The first-order valence-electron chi connectivity index (χ1n) is 30.7. The van der Waals surface area contributed by atoms with Crippen LogP contribution in [0.1, 0.15) is 290 Å². The maximum atomic E-state index is 12.9. The first-order valence-corrected chi connectivity index (χ1v) is 30.7. The van der Waals surface area contributed by atoms with E-state index in [4.69, 9.17) is 14.2 Å². The number of ether oxygens (including phenoxy) is 3. The van der Waals surface area contributed by atoms with E-state index in [2.05, 4.69) is 118 Å². The molecule has 0 heterocycles. The van der Waals surface area contributed by atoms with Gasteiger partial charge < -0.3 is 14.2 Å². The van der Waals surface area contributed by atoms with Gasteiger partial charge in [-0.15, -0.1) is 0 Å². The average Bonchev–Trinajstić information content (AvgIpc) is 3.39. The van der Waals surface area contributed by atoms with Gasteiger partial charge in [0.1, 0.15) is 13.2 Å². The van der Waals surface area contributed by atoms with Crippen LogP contribution in [-0.4, -0.2) is 37.2 Å². The van der Waals surface area contributed by atoms with Crippen molar-refractivity contribution < 1.29 is 28.6 Å². The maximum Gasteiger partial charge on any atom is 0.306 e. The van der Waals surface area contributed by atoms with Crippen LogP contribution >= 0.6 is 0 Å². The quantitative estimate of drug-likeness (QED) is 0.0261. The van der Waals surface area contributed by atoms with Crippen molar-refractivity contribution in [2.75, 3.05) is 13.2 Å². The van der Waals surface area contributed by atoms with Crippen LogP contribution in [0.25, 0.3) is 0 Å². The third-order valence-corrected chi connectivity index (χ3v) is 13.1. The number of hydrogen-bond acceptors (Lipinski definition) is 6. The Balaban J connectivity index is 4.39. The molecule has 73 heavy (non-hydrogen) atoms. The van der Waals surface area contributed by atoms with E-state index >= 15 is 0 Å². The molecule has 0 aromatic carbocycles. The Morgan fingerprint density at radius 2 is 0.534 bits per heavy atom. The second-order valence-corrected chi connectivity index (χ2v) is 20.2. The molecule has 0 spiro atoms. The number of unbranched alkanes of at least 4 members (excludes halogenated alkanes) is 28. The predicted octanol–water partition coefficient (Wildman–Crippen LogP) is 20.9. The molecule has 0 radical (unpaired) electrons. The minimum atomic E-state index is -0.794. The van der Waals surface area contributed by atoms with Gasteiger partial charge >= 0.3 is 17.9 Å². The van der Waals surface area contributed by atoms with Gasteiger partial charge in [0.15, 0.2) is 6.10 Å². The Morgan fingerprint density at radius 1 is 0.288 bits per heavy atom. The molecule has 0 amide bonds. The van der Waals surface area contributed by atoms with Crippen molar-refractivity contribution in [1.29, 1.82) is 0 Å². The van der Waals surface area contributed by atoms with Gasteiger partial charge in [0.25, 0.3) is 0 Å². The molecule has 0 aliphatic heterocycles. The third-order valence-electron chi connectivity index (χ3n) is 13.1. The molecular weight excluding hydrogens is 901 g/mol. The van der Waals surface area contributed by atoms with Crippen molar-refractivity contribution in [3.05, 3.63) is 97.2 Å². The maximum absolute atomic E-state index is 12.9. The molecule has 1 unspecified atom stereocenters. The summed E-state index contributed by atoms with van der Waals surface area (Å²) in [6.45, 7) is 6.49. The molecule has 418 valence electrons. The fraction of sp³-hybridized carbons (Fsp3) is 0.716. The van der Waals surface area contributed by atoms with Crippen molar-refractivity contribution in [1.82, 2.24) is 0 Å². The Bertz CT molecular complexity index is 1440. The predicted molar refractivity (Wildman–Crippen MR) is 316 cm³/mol. The van der Waals surface area contributed by atoms with Gasteiger partial charge in [-0.25, -0.2) is 0 Å². The normalized spacial score (nSPS) is 12.8. The summed E-state index contributed by atoms with van der Waals surface area (Å²) in [4.78, 5) is 38.2. The zero-order valence-corrected chi connectivity index (χ0v) is 47.9. The summed E-state index contributed by atoms with van der Waals surface area (Å²) in [5, 5.41) is 0. The van der Waals surface area contributed by atoms with Crippen LogP contribution in [0.2, 0.25) is 0 Å². The number of allylic oxidation sites excluding steroid dienone is 16. The fourth-order valence-electron chi connectivity index (χ4n) is 8.48. The lowest BCUT2D eigenvalue weighted by atomic mass is 10.0. The van der Waals surface area contributed by atoms with E-state index in [1.165, 1.54) is 135 Å². The first kappa shape index (κ1) is 69.3. The summed E-state index contributed by atoms with van der Waals surface area (Å²) in [5.41, 5.74) is 0. The number of rotatable bonds is 55. The Kier molecular flexibility index (Phi) is 57.8. The van der Waals surface area contributed by atoms with Crippen LogP contribution < -0.4 is 0 Å². The molecule has 1 atom stereocenters. The molecule has 0 aromatic rings. The van der Waals surface area contributed by atoms with E-state index in [0.29, 0.717) is 19.3 Å². The number of carbonyl (C=O) groups is 3. The highest BCUT2D eigenvalue weighted by molar-refractivity contribution is 5.71. The number of carbonyl (C=O) groups excluding carboxylic acids is 3. The monoisotopic (exact) mass is 1010 g/mol. The highest BCUT2D eigenvalue weighted by atomic mass is 16.6. The molecule has 0 saturated heterocycles. The van der Waals surface area contributed by atoms with E-state index < -0.39 is 6.10 Å². The topological polar surface area (TPSA) is 78.9 Å². The van der Waals surface area contributed by atoms with Crippen LogP contribution in [0.3, 0.4) is 0 Å². The van der Waals surface area contributed by atoms with E-state index in [0.717, 1.165) is 116 Å². The SMILES string of the molecule is CC/C=C\C/C=C\C/C=C\C/C=C\C/C=C\C/C=C\C/C=C\CCCCCC(=O)OCC(COC(=O)CCCCCCC/C=C\CCCCC)OC(=O)CCCCCCCCCCCCCCCCCCCC. The lowest BCUT2D eigenvalue weighted by Gasteiger charge is -2.18. The van der Waals surface area contributed by atoms with Crippen molar-refractivity contribution in [3.63, 3.8) is 0 Å². The van der Waals surface area contributed by atoms with Gasteiger partial charge in [0.05, 0.1) is 0 Å². The molecule has 0 aromatic heterocycles. The third kappa shape index (κ3) is 59.1. The fourth-order valence-corrected chi connectivity index (χ4v) is 8.48. The lowest BCUT2D eigenvalue weighted by Crippen LogP contribution is -2.30. The van der Waals surface area contributed by atoms with Gasteiger partial charge in [-0.2, -0.15) is 0 Å². The van der Waals surface area contributed by atoms with Crippen molar-refractivity contribution in [2.24, 2.45) is 0 Å². The summed E-state index contributed by atoms with van der Waals surface area (Å²) in [6, 6.07) is 0. The molecule has 0 saturated carbocycles. The van der Waals surface area contributed by atoms with Crippen LogP contribution in [0.4, 0.5) is 0 Å². The van der Waals surface area contributed by atoms with Crippen molar-refractivity contribution in [2.45, 2.75) is 297 Å². The zero-order chi connectivity index (χ0) is 52.9. The lowest BCUT2D eigenvalue weighted by molar-refractivity contribution is -0.167. The van der Waals surface area contributed by atoms with Gasteiger partial charge in [0, 0.05) is 19.3 Å². The number of hydrogen-bond donors (Lipinski definition) is 0. The van der Waals surface area contributed by atoms with E-state index in [9.17, 15) is 14.4 Å². The molecule has 0 N–H and O–H groups in total. The highest BCUT2D eigenvalue weighted by Crippen LogP contribution is 2.16. The highest BCUT2D eigenvalue weighted by Gasteiger charge is 2.19. The molecule has 0 bridgehead atoms. The van der Waals surface area contributed by atoms with Crippen molar-refractivity contribution in [3.8, 4) is 0 Å². The van der Waals surface area contributed by atoms with Gasteiger partial charge in [0.2, 0.25) is 0 Å². The minimum Gasteiger partial charge on any atom is -0.462 e. The van der Waals surface area contributed by atoms with Crippen LogP contribution in [0.15, 0.2) is 97.2 Å². The largest absolute Gasteiger partial charge is 0.462 e. The van der Waals surface area contributed by atoms with E-state index in [-0.39, 0.29) is 31.1 Å². The molecule has 0 aliphatic rings. The summed E-state index contributed by atoms with van der Waals surface area (Å²) < 4.78 is 16.9. The minimum absolute atomic E-state index is 0.0908. The average molecular weight is 1020 g/mol. The molecular formula is C67H114O6. The Hall–Kier alpha value is -3.67. The standard InChI is InChI=1S/C67H114O6/c1-4-7-10-13-16-19-22-25-27-29-31-32-33-34-35-36-37-39-40-42-45-48-51-54-57-60-66(69)72-63-64(62-71-65(68)59-56-53-50-47-44-24-21-18-15-12-9-6-3)73-67(70)61-58-55-52-49-46-43-41-38-30-28-26-23-20-17-14-11-8-5-2/h7,10,16,18-19,21,25,27,31-32,34-35,37,39,42,45,64H,4-6,8-9,11-15,17,20,22-24,26,28-30,33,36,38,40-41,43-44,46-63H2,1-3H3/b10-7-,19-16-,21-18-,27-25-,32-31-,35-34-,39-37-,45-42-. The molecule has 6 heteroatoms. The van der Waals surface area contributed by atoms with Crippen LogP contribution in [0, 0.1) is 0 Å². The summed E-state index contributed by atoms with van der Waals surface area (Å²) >= 11 is 0. The summed E-state index contributed by atoms with van der Waals surface area (Å²) in [6.07, 6.45) is 81.2. The molecule has 0 fully saturated rings. The molecule has 0 aliphatic carbocycles. The van der Waals surface area contributed by atoms with Gasteiger partial charge in [-0.05, 0) is 103 Å². The molecule has 0 rings (SSSR count). The van der Waals surface area contributed by atoms with Gasteiger partial charge in [-0.1, -0.05) is 266 Å².